The second kappa shape index (κ2) is 10.5. The van der Waals surface area contributed by atoms with Gasteiger partial charge in [0.1, 0.15) is 11.6 Å². The van der Waals surface area contributed by atoms with Crippen molar-refractivity contribution in [2.24, 2.45) is 0 Å². The predicted molar refractivity (Wildman–Crippen MR) is 127 cm³/mol. The molecule has 0 bridgehead atoms. The Bertz CT molecular complexity index is 1240. The van der Waals surface area contributed by atoms with Gasteiger partial charge in [-0.3, -0.25) is 9.36 Å². The van der Waals surface area contributed by atoms with Gasteiger partial charge in [-0.05, 0) is 41.3 Å². The van der Waals surface area contributed by atoms with Crippen LogP contribution >= 0.6 is 23.1 Å². The molecule has 1 N–H and O–H groups in total. The van der Waals surface area contributed by atoms with E-state index in [9.17, 15) is 13.6 Å². The summed E-state index contributed by atoms with van der Waals surface area (Å²) in [6, 6.07) is 15.8. The van der Waals surface area contributed by atoms with Crippen molar-refractivity contribution < 1.29 is 13.6 Å². The van der Waals surface area contributed by atoms with Crippen molar-refractivity contribution in [3.05, 3.63) is 101 Å². The van der Waals surface area contributed by atoms with Gasteiger partial charge in [0.05, 0.1) is 17.4 Å². The fraction of sp³-hybridized carbons (Fsp3) is 0.125. The highest BCUT2D eigenvalue weighted by atomic mass is 32.2. The van der Waals surface area contributed by atoms with Crippen molar-refractivity contribution in [1.82, 2.24) is 20.1 Å². The maximum absolute atomic E-state index is 14.3. The molecule has 1 unspecified atom stereocenters. The number of nitrogens with zero attached hydrogens (tertiary/aromatic N) is 3. The van der Waals surface area contributed by atoms with Gasteiger partial charge < -0.3 is 5.32 Å². The number of hydrogen-bond donors (Lipinski definition) is 1. The third kappa shape index (κ3) is 5.37. The third-order valence-corrected chi connectivity index (χ3v) is 6.72. The number of rotatable bonds is 9. The van der Waals surface area contributed by atoms with E-state index in [1.165, 1.54) is 41.3 Å². The summed E-state index contributed by atoms with van der Waals surface area (Å²) in [5, 5.41) is 13.7. The van der Waals surface area contributed by atoms with Crippen LogP contribution in [0.1, 0.15) is 16.5 Å². The van der Waals surface area contributed by atoms with Crippen LogP contribution in [0.15, 0.2) is 83.9 Å². The summed E-state index contributed by atoms with van der Waals surface area (Å²) < 4.78 is 29.4. The lowest BCUT2D eigenvalue weighted by Crippen LogP contribution is -2.30. The van der Waals surface area contributed by atoms with E-state index in [4.69, 9.17) is 0 Å². The number of halogens is 2. The van der Waals surface area contributed by atoms with E-state index < -0.39 is 11.9 Å². The number of hydrogen-bond acceptors (Lipinski definition) is 5. The summed E-state index contributed by atoms with van der Waals surface area (Å²) in [6.45, 7) is 4.12. The molecule has 4 aromatic rings. The molecule has 2 aromatic carbocycles. The summed E-state index contributed by atoms with van der Waals surface area (Å²) in [4.78, 5) is 13.8. The zero-order chi connectivity index (χ0) is 23.2. The van der Waals surface area contributed by atoms with Gasteiger partial charge in [0.15, 0.2) is 11.0 Å². The van der Waals surface area contributed by atoms with Crippen LogP contribution < -0.4 is 5.32 Å². The quantitative estimate of drug-likeness (QED) is 0.254. The Morgan fingerprint density at radius 1 is 1.12 bits per heavy atom. The van der Waals surface area contributed by atoms with Gasteiger partial charge >= 0.3 is 0 Å². The average Bonchev–Trinajstić information content (AvgIpc) is 3.48. The SMILES string of the molecule is C=CCn1c(SCC(=O)NC(c2ccc(F)cc2)c2cccs2)nnc1-c1ccccc1F. The number of benzene rings is 2. The number of nitrogens with one attached hydrogen (secondary N) is 1. The molecule has 5 nitrogen and oxygen atoms in total. The van der Waals surface area contributed by atoms with Gasteiger partial charge in [-0.25, -0.2) is 8.78 Å². The first-order valence-corrected chi connectivity index (χ1v) is 11.9. The van der Waals surface area contributed by atoms with Gasteiger partial charge in [0.25, 0.3) is 0 Å². The van der Waals surface area contributed by atoms with Crippen LogP contribution in [0.2, 0.25) is 0 Å². The maximum atomic E-state index is 14.3. The average molecular weight is 483 g/mol. The number of amides is 1. The van der Waals surface area contributed by atoms with Crippen LogP contribution in [0, 0.1) is 11.6 Å². The van der Waals surface area contributed by atoms with E-state index in [0.717, 1.165) is 10.4 Å². The van der Waals surface area contributed by atoms with E-state index in [0.29, 0.717) is 23.1 Å². The molecule has 0 fully saturated rings. The van der Waals surface area contributed by atoms with Crippen LogP contribution in [-0.4, -0.2) is 26.4 Å². The molecule has 0 spiro atoms. The molecule has 0 saturated carbocycles. The molecular formula is C24H20F2N4OS2. The zero-order valence-corrected chi connectivity index (χ0v) is 19.1. The zero-order valence-electron chi connectivity index (χ0n) is 17.4. The van der Waals surface area contributed by atoms with Crippen LogP contribution in [0.4, 0.5) is 8.78 Å². The molecule has 2 aromatic heterocycles. The number of thioether (sulfide) groups is 1. The predicted octanol–water partition coefficient (Wildman–Crippen LogP) is 5.47. The van der Waals surface area contributed by atoms with Gasteiger partial charge in [0.2, 0.25) is 5.91 Å². The van der Waals surface area contributed by atoms with Crippen LogP contribution in [0.25, 0.3) is 11.4 Å². The number of allylic oxidation sites excluding steroid dienone is 1. The minimum Gasteiger partial charge on any atom is -0.344 e. The number of thiophene rings is 1. The van der Waals surface area contributed by atoms with E-state index in [2.05, 4.69) is 22.1 Å². The molecule has 1 amide bonds. The molecule has 1 atom stereocenters. The minimum absolute atomic E-state index is 0.0790. The molecule has 0 aliphatic carbocycles. The number of carbonyl (C=O) groups is 1. The highest BCUT2D eigenvalue weighted by molar-refractivity contribution is 7.99. The Morgan fingerprint density at radius 3 is 2.61 bits per heavy atom. The first-order chi connectivity index (χ1) is 16.1. The Kier molecular flexibility index (Phi) is 7.31. The molecule has 0 saturated heterocycles. The standard InChI is InChI=1S/C24H20F2N4OS2/c1-2-13-30-23(18-6-3-4-7-19(18)26)28-29-24(30)33-15-21(31)27-22(20-8-5-14-32-20)16-9-11-17(25)12-10-16/h2-12,14,22H,1,13,15H2,(H,27,31). The molecule has 9 heteroatoms. The van der Waals surface area contributed by atoms with E-state index in [1.54, 1.807) is 41.0 Å². The Hall–Kier alpha value is -3.30. The molecule has 0 aliphatic heterocycles. The maximum Gasteiger partial charge on any atom is 0.231 e. The highest BCUT2D eigenvalue weighted by Gasteiger charge is 2.20. The van der Waals surface area contributed by atoms with Crippen molar-refractivity contribution in [2.45, 2.75) is 17.7 Å². The number of carbonyl (C=O) groups excluding carboxylic acids is 1. The molecule has 33 heavy (non-hydrogen) atoms. The van der Waals surface area contributed by atoms with Crippen LogP contribution in [0.5, 0.6) is 0 Å². The van der Waals surface area contributed by atoms with Gasteiger partial charge in [-0.1, -0.05) is 48.2 Å². The Morgan fingerprint density at radius 2 is 1.91 bits per heavy atom. The summed E-state index contributed by atoms with van der Waals surface area (Å²) >= 11 is 2.71. The summed E-state index contributed by atoms with van der Waals surface area (Å²) in [6.07, 6.45) is 1.67. The largest absolute Gasteiger partial charge is 0.344 e. The first-order valence-electron chi connectivity index (χ1n) is 10.1. The van der Waals surface area contributed by atoms with E-state index in [1.807, 2.05) is 17.5 Å². The van der Waals surface area contributed by atoms with Crippen molar-refractivity contribution in [2.75, 3.05) is 5.75 Å². The lowest BCUT2D eigenvalue weighted by Gasteiger charge is -2.18. The highest BCUT2D eigenvalue weighted by Crippen LogP contribution is 2.28. The molecular weight excluding hydrogens is 462 g/mol. The first kappa shape index (κ1) is 22.9. The Labute approximate surface area is 198 Å². The summed E-state index contributed by atoms with van der Waals surface area (Å²) in [5.41, 5.74) is 1.12. The van der Waals surface area contributed by atoms with Crippen LogP contribution in [0.3, 0.4) is 0 Å². The lowest BCUT2D eigenvalue weighted by atomic mass is 10.1. The van der Waals surface area contributed by atoms with E-state index >= 15 is 0 Å². The van der Waals surface area contributed by atoms with E-state index in [-0.39, 0.29) is 17.5 Å². The van der Waals surface area contributed by atoms with Gasteiger partial charge in [0, 0.05) is 11.4 Å². The fourth-order valence-corrected chi connectivity index (χ4v) is 4.85. The molecule has 0 radical (unpaired) electrons. The summed E-state index contributed by atoms with van der Waals surface area (Å²) in [7, 11) is 0. The smallest absolute Gasteiger partial charge is 0.231 e. The monoisotopic (exact) mass is 482 g/mol. The van der Waals surface area contributed by atoms with Crippen molar-refractivity contribution in [3.8, 4) is 11.4 Å². The van der Waals surface area contributed by atoms with Crippen molar-refractivity contribution >= 4 is 29.0 Å². The minimum atomic E-state index is -0.400. The topological polar surface area (TPSA) is 59.8 Å². The Balaban J connectivity index is 1.50. The third-order valence-electron chi connectivity index (χ3n) is 4.81. The van der Waals surface area contributed by atoms with Gasteiger partial charge in [-0.2, -0.15) is 0 Å². The molecule has 4 rings (SSSR count). The fourth-order valence-electron chi connectivity index (χ4n) is 3.29. The normalized spacial score (nSPS) is 11.8. The number of aromatic nitrogens is 3. The van der Waals surface area contributed by atoms with Crippen LogP contribution in [-0.2, 0) is 11.3 Å². The lowest BCUT2D eigenvalue weighted by molar-refractivity contribution is -0.119. The molecule has 168 valence electrons. The van der Waals surface area contributed by atoms with Gasteiger partial charge in [-0.15, -0.1) is 28.1 Å². The second-order valence-electron chi connectivity index (χ2n) is 7.04. The van der Waals surface area contributed by atoms with Crippen molar-refractivity contribution in [3.63, 3.8) is 0 Å². The van der Waals surface area contributed by atoms with Crippen molar-refractivity contribution in [1.29, 1.82) is 0 Å². The summed E-state index contributed by atoms with van der Waals surface area (Å²) in [5.74, 6) is -0.502. The molecule has 2 heterocycles. The second-order valence-corrected chi connectivity index (χ2v) is 8.96. The molecule has 0 aliphatic rings.